The number of carbonyl (C=O) groups is 1. The molecule has 6 heteroatoms. The lowest BCUT2D eigenvalue weighted by Crippen LogP contribution is -2.26. The number of ether oxygens (including phenoxy) is 3. The SMILES string of the molecule is COC(=O)c1cn(CC2OCCO2)c(C)c(C)c1=O. The summed E-state index contributed by atoms with van der Waals surface area (Å²) in [7, 11) is 1.25. The molecule has 0 bridgehead atoms. The van der Waals surface area contributed by atoms with Gasteiger partial charge in [0.2, 0.25) is 0 Å². The van der Waals surface area contributed by atoms with E-state index in [0.29, 0.717) is 25.3 Å². The Hall–Kier alpha value is -1.66. The van der Waals surface area contributed by atoms with Crippen molar-refractivity contribution in [1.82, 2.24) is 4.57 Å². The van der Waals surface area contributed by atoms with E-state index in [1.54, 1.807) is 11.5 Å². The van der Waals surface area contributed by atoms with E-state index in [2.05, 4.69) is 4.74 Å². The van der Waals surface area contributed by atoms with Gasteiger partial charge in [-0.15, -0.1) is 0 Å². The quantitative estimate of drug-likeness (QED) is 0.751. The minimum absolute atomic E-state index is 0.0311. The molecule has 19 heavy (non-hydrogen) atoms. The Bertz CT molecular complexity index is 543. The highest BCUT2D eigenvalue weighted by molar-refractivity contribution is 5.89. The fraction of sp³-hybridized carbons (Fsp3) is 0.538. The first-order valence-corrected chi connectivity index (χ1v) is 6.06. The van der Waals surface area contributed by atoms with Crippen LogP contribution in [0.2, 0.25) is 0 Å². The predicted molar refractivity (Wildman–Crippen MR) is 67.2 cm³/mol. The third-order valence-electron chi connectivity index (χ3n) is 3.29. The summed E-state index contributed by atoms with van der Waals surface area (Å²) in [6, 6.07) is 0. The molecule has 2 heterocycles. The molecule has 1 saturated heterocycles. The van der Waals surface area contributed by atoms with Gasteiger partial charge in [0.1, 0.15) is 5.56 Å². The van der Waals surface area contributed by atoms with E-state index >= 15 is 0 Å². The van der Waals surface area contributed by atoms with Crippen LogP contribution in [0.3, 0.4) is 0 Å². The maximum Gasteiger partial charge on any atom is 0.343 e. The van der Waals surface area contributed by atoms with Crippen molar-refractivity contribution < 1.29 is 19.0 Å². The number of pyridine rings is 1. The Balaban J connectivity index is 2.39. The molecule has 1 aliphatic rings. The minimum atomic E-state index is -0.630. The minimum Gasteiger partial charge on any atom is -0.465 e. The van der Waals surface area contributed by atoms with Crippen molar-refractivity contribution in [3.8, 4) is 0 Å². The average Bonchev–Trinajstić information content (AvgIpc) is 2.91. The summed E-state index contributed by atoms with van der Waals surface area (Å²) in [4.78, 5) is 23.6. The molecule has 2 rings (SSSR count). The fourth-order valence-electron chi connectivity index (χ4n) is 2.01. The second-order valence-electron chi connectivity index (χ2n) is 4.40. The van der Waals surface area contributed by atoms with Crippen LogP contribution in [0.1, 0.15) is 21.6 Å². The van der Waals surface area contributed by atoms with Gasteiger partial charge in [0.15, 0.2) is 11.7 Å². The number of methoxy groups -OCH3 is 1. The molecule has 0 N–H and O–H groups in total. The summed E-state index contributed by atoms with van der Waals surface area (Å²) >= 11 is 0. The van der Waals surface area contributed by atoms with E-state index in [1.165, 1.54) is 13.3 Å². The van der Waals surface area contributed by atoms with Crippen molar-refractivity contribution in [2.24, 2.45) is 0 Å². The Morgan fingerprint density at radius 2 is 2.05 bits per heavy atom. The zero-order valence-corrected chi connectivity index (χ0v) is 11.3. The molecule has 0 radical (unpaired) electrons. The normalized spacial score (nSPS) is 15.7. The van der Waals surface area contributed by atoms with Crippen LogP contribution >= 0.6 is 0 Å². The predicted octanol–water partition coefficient (Wildman–Crippen LogP) is 0.625. The fourth-order valence-corrected chi connectivity index (χ4v) is 2.01. The largest absolute Gasteiger partial charge is 0.465 e. The number of rotatable bonds is 3. The van der Waals surface area contributed by atoms with Gasteiger partial charge < -0.3 is 18.8 Å². The monoisotopic (exact) mass is 267 g/mol. The summed E-state index contributed by atoms with van der Waals surface area (Å²) in [6.07, 6.45) is 1.16. The van der Waals surface area contributed by atoms with Gasteiger partial charge in [-0.25, -0.2) is 4.79 Å². The van der Waals surface area contributed by atoms with E-state index in [4.69, 9.17) is 9.47 Å². The third kappa shape index (κ3) is 2.69. The number of hydrogen-bond acceptors (Lipinski definition) is 5. The van der Waals surface area contributed by atoms with Crippen LogP contribution in [0.25, 0.3) is 0 Å². The van der Waals surface area contributed by atoms with Crippen LogP contribution in [0, 0.1) is 13.8 Å². The molecule has 6 nitrogen and oxygen atoms in total. The number of nitrogens with zero attached hydrogens (tertiary/aromatic N) is 1. The van der Waals surface area contributed by atoms with Crippen molar-refractivity contribution in [2.45, 2.75) is 26.7 Å². The second-order valence-corrected chi connectivity index (χ2v) is 4.40. The zero-order chi connectivity index (χ0) is 14.0. The van der Waals surface area contributed by atoms with Crippen LogP contribution in [0.15, 0.2) is 11.0 Å². The van der Waals surface area contributed by atoms with E-state index in [9.17, 15) is 9.59 Å². The number of carbonyl (C=O) groups excluding carboxylic acids is 1. The van der Waals surface area contributed by atoms with Crippen molar-refractivity contribution in [3.05, 3.63) is 33.2 Å². The summed E-state index contributed by atoms with van der Waals surface area (Å²) < 4.78 is 17.2. The van der Waals surface area contributed by atoms with Crippen molar-refractivity contribution in [1.29, 1.82) is 0 Å². The first kappa shape index (κ1) is 13.8. The van der Waals surface area contributed by atoms with E-state index in [0.717, 1.165) is 5.69 Å². The average molecular weight is 267 g/mol. The first-order chi connectivity index (χ1) is 9.04. The molecule has 104 valence electrons. The van der Waals surface area contributed by atoms with E-state index in [-0.39, 0.29) is 17.3 Å². The van der Waals surface area contributed by atoms with Crippen molar-refractivity contribution in [3.63, 3.8) is 0 Å². The Labute approximate surface area is 110 Å². The maximum atomic E-state index is 12.0. The lowest BCUT2D eigenvalue weighted by atomic mass is 10.1. The van der Waals surface area contributed by atoms with E-state index < -0.39 is 5.97 Å². The molecule has 1 fully saturated rings. The van der Waals surface area contributed by atoms with Gasteiger partial charge in [-0.3, -0.25) is 4.79 Å². The standard InChI is InChI=1S/C13H17NO5/c1-8-9(2)14(7-11-18-4-5-19-11)6-10(12(8)15)13(16)17-3/h6,11H,4-5,7H2,1-3H3. The molecule has 1 aliphatic heterocycles. The van der Waals surface area contributed by atoms with Crippen LogP contribution < -0.4 is 5.43 Å². The molecule has 0 atom stereocenters. The van der Waals surface area contributed by atoms with Gasteiger partial charge in [-0.05, 0) is 13.8 Å². The van der Waals surface area contributed by atoms with Crippen molar-refractivity contribution in [2.75, 3.05) is 20.3 Å². The topological polar surface area (TPSA) is 66.8 Å². The van der Waals surface area contributed by atoms with Gasteiger partial charge >= 0.3 is 5.97 Å². The van der Waals surface area contributed by atoms with Crippen LogP contribution in [-0.2, 0) is 20.8 Å². The molecule has 0 aliphatic carbocycles. The third-order valence-corrected chi connectivity index (χ3v) is 3.29. The summed E-state index contributed by atoms with van der Waals surface area (Å²) in [5.74, 6) is -0.630. The molecule has 1 aromatic rings. The molecule has 0 aromatic carbocycles. The molecule has 0 unspecified atom stereocenters. The van der Waals surface area contributed by atoms with Crippen LogP contribution in [0.5, 0.6) is 0 Å². The molecule has 0 saturated carbocycles. The van der Waals surface area contributed by atoms with Crippen LogP contribution in [-0.4, -0.2) is 37.1 Å². The lowest BCUT2D eigenvalue weighted by Gasteiger charge is -2.17. The second kappa shape index (κ2) is 5.54. The molecule has 1 aromatic heterocycles. The summed E-state index contributed by atoms with van der Waals surface area (Å²) in [5.41, 5.74) is 1.05. The highest BCUT2D eigenvalue weighted by atomic mass is 16.7. The number of esters is 1. The zero-order valence-electron chi connectivity index (χ0n) is 11.3. The Kier molecular flexibility index (Phi) is 4.01. The lowest BCUT2D eigenvalue weighted by molar-refractivity contribution is -0.0529. The Morgan fingerprint density at radius 3 is 2.63 bits per heavy atom. The van der Waals surface area contributed by atoms with Gasteiger partial charge in [0, 0.05) is 17.5 Å². The summed E-state index contributed by atoms with van der Waals surface area (Å²) in [5, 5.41) is 0. The first-order valence-electron chi connectivity index (χ1n) is 6.06. The van der Waals surface area contributed by atoms with Gasteiger partial charge in [-0.2, -0.15) is 0 Å². The highest BCUT2D eigenvalue weighted by Gasteiger charge is 2.20. The maximum absolute atomic E-state index is 12.0. The van der Waals surface area contributed by atoms with Gasteiger partial charge in [-0.1, -0.05) is 0 Å². The molecule has 0 spiro atoms. The summed E-state index contributed by atoms with van der Waals surface area (Å²) in [6.45, 7) is 5.08. The van der Waals surface area contributed by atoms with Gasteiger partial charge in [0.05, 0.1) is 26.9 Å². The molecular formula is C13H17NO5. The number of aromatic nitrogens is 1. The Morgan fingerprint density at radius 1 is 1.42 bits per heavy atom. The van der Waals surface area contributed by atoms with E-state index in [1.807, 2.05) is 6.92 Å². The molecular weight excluding hydrogens is 250 g/mol. The van der Waals surface area contributed by atoms with Crippen molar-refractivity contribution >= 4 is 5.97 Å². The smallest absolute Gasteiger partial charge is 0.343 e. The van der Waals surface area contributed by atoms with Gasteiger partial charge in [0.25, 0.3) is 0 Å². The van der Waals surface area contributed by atoms with Crippen LogP contribution in [0.4, 0.5) is 0 Å². The highest BCUT2D eigenvalue weighted by Crippen LogP contribution is 2.11. The molecule has 0 amide bonds. The number of hydrogen-bond donors (Lipinski definition) is 0.